The van der Waals surface area contributed by atoms with Crippen LogP contribution in [0.5, 0.6) is 0 Å². The van der Waals surface area contributed by atoms with Crippen molar-refractivity contribution in [1.29, 1.82) is 0 Å². The molecule has 3 heterocycles. The Morgan fingerprint density at radius 2 is 1.89 bits per heavy atom. The van der Waals surface area contributed by atoms with E-state index in [1.807, 2.05) is 26.0 Å². The molecule has 2 aromatic rings. The molecule has 1 aliphatic rings. The number of aryl methyl sites for hydroxylation is 2. The molecule has 0 unspecified atom stereocenters. The van der Waals surface area contributed by atoms with Crippen LogP contribution in [-0.4, -0.2) is 28.2 Å². The van der Waals surface area contributed by atoms with Crippen LogP contribution in [0.25, 0.3) is 0 Å². The van der Waals surface area contributed by atoms with E-state index in [1.54, 1.807) is 0 Å². The summed E-state index contributed by atoms with van der Waals surface area (Å²) < 4.78 is 5.03. The average Bonchev–Trinajstić information content (AvgIpc) is 3.00. The lowest BCUT2D eigenvalue weighted by atomic mass is 10.4. The molecule has 6 nitrogen and oxygen atoms in total. The van der Waals surface area contributed by atoms with Crippen LogP contribution in [0.2, 0.25) is 0 Å². The van der Waals surface area contributed by atoms with Gasteiger partial charge in [-0.1, -0.05) is 5.16 Å². The lowest BCUT2D eigenvalue weighted by Crippen LogP contribution is -2.21. The largest absolute Gasteiger partial charge is 0.360 e. The summed E-state index contributed by atoms with van der Waals surface area (Å²) in [5, 5.41) is 7.05. The van der Waals surface area contributed by atoms with E-state index in [-0.39, 0.29) is 0 Å². The number of hydrogen-bond acceptors (Lipinski definition) is 6. The topological polar surface area (TPSA) is 67.1 Å². The molecular formula is C13H17N5O. The van der Waals surface area contributed by atoms with Gasteiger partial charge in [-0.25, -0.2) is 4.98 Å². The van der Waals surface area contributed by atoms with Gasteiger partial charge in [-0.3, -0.25) is 0 Å². The van der Waals surface area contributed by atoms with Gasteiger partial charge in [0, 0.05) is 30.9 Å². The smallest absolute Gasteiger partial charge is 0.227 e. The number of nitrogens with one attached hydrogen (secondary N) is 1. The van der Waals surface area contributed by atoms with Gasteiger partial charge in [0.2, 0.25) is 5.95 Å². The third-order valence-electron chi connectivity index (χ3n) is 3.12. The van der Waals surface area contributed by atoms with E-state index >= 15 is 0 Å². The molecule has 3 rings (SSSR count). The van der Waals surface area contributed by atoms with E-state index in [2.05, 4.69) is 25.3 Å². The molecule has 19 heavy (non-hydrogen) atoms. The Kier molecular flexibility index (Phi) is 3.06. The Bertz CT molecular complexity index is 574. The minimum atomic E-state index is 0.669. The van der Waals surface area contributed by atoms with Crippen LogP contribution in [-0.2, 0) is 0 Å². The monoisotopic (exact) mass is 259 g/mol. The molecule has 6 heteroatoms. The Labute approximate surface area is 111 Å². The van der Waals surface area contributed by atoms with Crippen LogP contribution < -0.4 is 10.2 Å². The first-order chi connectivity index (χ1) is 9.20. The van der Waals surface area contributed by atoms with Crippen molar-refractivity contribution < 1.29 is 4.52 Å². The molecule has 2 aromatic heterocycles. The van der Waals surface area contributed by atoms with Crippen molar-refractivity contribution in [3.8, 4) is 0 Å². The van der Waals surface area contributed by atoms with Crippen LogP contribution in [0, 0.1) is 13.8 Å². The zero-order chi connectivity index (χ0) is 13.2. The van der Waals surface area contributed by atoms with Crippen LogP contribution >= 0.6 is 0 Å². The first kappa shape index (κ1) is 12.0. The predicted octanol–water partition coefficient (Wildman–Crippen LogP) is 2.43. The summed E-state index contributed by atoms with van der Waals surface area (Å²) in [6.07, 6.45) is 2.42. The first-order valence-electron chi connectivity index (χ1n) is 6.52. The van der Waals surface area contributed by atoms with Gasteiger partial charge >= 0.3 is 0 Å². The third-order valence-corrected chi connectivity index (χ3v) is 3.12. The highest BCUT2D eigenvalue weighted by molar-refractivity contribution is 5.54. The quantitative estimate of drug-likeness (QED) is 0.913. The summed E-state index contributed by atoms with van der Waals surface area (Å²) in [5.41, 5.74) is 0.944. The van der Waals surface area contributed by atoms with Crippen LogP contribution in [0.1, 0.15) is 24.3 Å². The molecule has 0 aliphatic carbocycles. The van der Waals surface area contributed by atoms with Gasteiger partial charge in [-0.15, -0.1) is 0 Å². The summed E-state index contributed by atoms with van der Waals surface area (Å²) in [7, 11) is 0. The van der Waals surface area contributed by atoms with Crippen molar-refractivity contribution in [2.24, 2.45) is 0 Å². The highest BCUT2D eigenvalue weighted by Gasteiger charge is 2.16. The number of aromatic nitrogens is 3. The molecular weight excluding hydrogens is 242 g/mol. The van der Waals surface area contributed by atoms with Gasteiger partial charge < -0.3 is 14.7 Å². The Morgan fingerprint density at radius 3 is 2.58 bits per heavy atom. The number of hydrogen-bond donors (Lipinski definition) is 1. The summed E-state index contributed by atoms with van der Waals surface area (Å²) >= 11 is 0. The fraction of sp³-hybridized carbons (Fsp3) is 0.462. The first-order valence-corrected chi connectivity index (χ1v) is 6.52. The standard InChI is InChI=1S/C13H17N5O/c1-9-7-11(15-12-8-10(2)19-17-12)16-13(14-9)18-5-3-4-6-18/h7-8H,3-6H2,1-2H3,(H,14,15,16,17). The molecule has 1 saturated heterocycles. The van der Waals surface area contributed by atoms with Gasteiger partial charge in [0.1, 0.15) is 11.6 Å². The van der Waals surface area contributed by atoms with E-state index in [4.69, 9.17) is 4.52 Å². The van der Waals surface area contributed by atoms with Gasteiger partial charge in [0.15, 0.2) is 5.82 Å². The second-order valence-electron chi connectivity index (χ2n) is 4.84. The summed E-state index contributed by atoms with van der Waals surface area (Å²) in [5.74, 6) is 2.99. The van der Waals surface area contributed by atoms with Gasteiger partial charge in [0.05, 0.1) is 0 Å². The molecule has 0 saturated carbocycles. The van der Waals surface area contributed by atoms with E-state index < -0.39 is 0 Å². The van der Waals surface area contributed by atoms with E-state index in [0.29, 0.717) is 5.82 Å². The van der Waals surface area contributed by atoms with Crippen molar-refractivity contribution in [1.82, 2.24) is 15.1 Å². The van der Waals surface area contributed by atoms with Crippen molar-refractivity contribution in [2.45, 2.75) is 26.7 Å². The van der Waals surface area contributed by atoms with Crippen molar-refractivity contribution in [3.05, 3.63) is 23.6 Å². The lowest BCUT2D eigenvalue weighted by Gasteiger charge is -2.16. The molecule has 0 aromatic carbocycles. The molecule has 0 atom stereocenters. The van der Waals surface area contributed by atoms with Gasteiger partial charge in [-0.2, -0.15) is 4.98 Å². The minimum absolute atomic E-state index is 0.669. The molecule has 100 valence electrons. The normalized spacial score (nSPS) is 14.9. The van der Waals surface area contributed by atoms with Crippen molar-refractivity contribution >= 4 is 17.6 Å². The van der Waals surface area contributed by atoms with E-state index in [0.717, 1.165) is 36.3 Å². The summed E-state index contributed by atoms with van der Waals surface area (Å²) in [4.78, 5) is 11.3. The van der Waals surface area contributed by atoms with E-state index in [1.165, 1.54) is 12.8 Å². The van der Waals surface area contributed by atoms with Crippen molar-refractivity contribution in [2.75, 3.05) is 23.3 Å². The summed E-state index contributed by atoms with van der Waals surface area (Å²) in [6.45, 7) is 5.90. The number of anilines is 3. The maximum atomic E-state index is 5.03. The molecule has 1 aliphatic heterocycles. The zero-order valence-corrected chi connectivity index (χ0v) is 11.2. The Hall–Kier alpha value is -2.11. The fourth-order valence-electron chi connectivity index (χ4n) is 2.23. The molecule has 1 N–H and O–H groups in total. The van der Waals surface area contributed by atoms with Gasteiger partial charge in [-0.05, 0) is 26.7 Å². The Morgan fingerprint density at radius 1 is 1.11 bits per heavy atom. The Balaban J connectivity index is 1.84. The van der Waals surface area contributed by atoms with Gasteiger partial charge in [0.25, 0.3) is 0 Å². The molecule has 0 spiro atoms. The zero-order valence-electron chi connectivity index (χ0n) is 11.2. The third kappa shape index (κ3) is 2.67. The second kappa shape index (κ2) is 4.87. The van der Waals surface area contributed by atoms with Crippen LogP contribution in [0.3, 0.4) is 0 Å². The molecule has 0 bridgehead atoms. The van der Waals surface area contributed by atoms with Crippen LogP contribution in [0.15, 0.2) is 16.7 Å². The number of nitrogens with zero attached hydrogens (tertiary/aromatic N) is 4. The fourth-order valence-corrected chi connectivity index (χ4v) is 2.23. The average molecular weight is 259 g/mol. The lowest BCUT2D eigenvalue weighted by molar-refractivity contribution is 0.400. The molecule has 0 radical (unpaired) electrons. The number of rotatable bonds is 3. The summed E-state index contributed by atoms with van der Waals surface area (Å²) in [6, 6.07) is 3.75. The maximum absolute atomic E-state index is 5.03. The highest BCUT2D eigenvalue weighted by Crippen LogP contribution is 2.20. The SMILES string of the molecule is Cc1cc(Nc2cc(C)on2)nc(N2CCCC2)n1. The highest BCUT2D eigenvalue weighted by atomic mass is 16.5. The molecule has 1 fully saturated rings. The van der Waals surface area contributed by atoms with Crippen LogP contribution in [0.4, 0.5) is 17.6 Å². The minimum Gasteiger partial charge on any atom is -0.360 e. The second-order valence-corrected chi connectivity index (χ2v) is 4.84. The predicted molar refractivity (Wildman–Crippen MR) is 72.7 cm³/mol. The maximum Gasteiger partial charge on any atom is 0.227 e. The molecule has 0 amide bonds. The van der Waals surface area contributed by atoms with E-state index in [9.17, 15) is 0 Å². The van der Waals surface area contributed by atoms with Crippen molar-refractivity contribution in [3.63, 3.8) is 0 Å².